The van der Waals surface area contributed by atoms with E-state index in [2.05, 4.69) is 29.7 Å². The van der Waals surface area contributed by atoms with Gasteiger partial charge in [0.25, 0.3) is 5.91 Å². The summed E-state index contributed by atoms with van der Waals surface area (Å²) in [5.74, 6) is -0.0510. The molecule has 3 rings (SSSR count). The highest BCUT2D eigenvalue weighted by molar-refractivity contribution is 6.31. The topological polar surface area (TPSA) is 41.1 Å². The summed E-state index contributed by atoms with van der Waals surface area (Å²) < 4.78 is 0. The summed E-state index contributed by atoms with van der Waals surface area (Å²) in [7, 11) is 0. The van der Waals surface area contributed by atoms with Gasteiger partial charge in [-0.3, -0.25) is 4.79 Å². The minimum Gasteiger partial charge on any atom is -0.370 e. The smallest absolute Gasteiger partial charge is 0.251 e. The van der Waals surface area contributed by atoms with Crippen molar-refractivity contribution in [2.24, 2.45) is 0 Å². The Kier molecular flexibility index (Phi) is 3.84. The lowest BCUT2D eigenvalue weighted by molar-refractivity contribution is -0.116. The molecule has 2 aromatic carbocycles. The molecular weight excluding hydrogens is 284 g/mol. The summed E-state index contributed by atoms with van der Waals surface area (Å²) in [5.41, 5.74) is 3.96. The average molecular weight is 301 g/mol. The molecule has 108 valence electrons. The highest BCUT2D eigenvalue weighted by Crippen LogP contribution is 2.35. The monoisotopic (exact) mass is 300 g/mol. The maximum absolute atomic E-state index is 12.1. The van der Waals surface area contributed by atoms with E-state index in [4.69, 9.17) is 11.6 Å². The van der Waals surface area contributed by atoms with Crippen LogP contribution < -0.4 is 10.6 Å². The standard InChI is InChI=1S/C17H17ClN2O/c1-2-3-11-4-7-13(8-5-11)19-16-14-10-12(18)6-9-15(14)20-17(16)21/h4-10,16,19H,2-3H2,1H3,(H,20,21). The molecule has 0 spiro atoms. The number of aryl methyl sites for hydroxylation is 1. The molecule has 1 aliphatic rings. The van der Waals surface area contributed by atoms with Crippen LogP contribution in [0.5, 0.6) is 0 Å². The molecule has 1 unspecified atom stereocenters. The number of benzene rings is 2. The summed E-state index contributed by atoms with van der Waals surface area (Å²) in [4.78, 5) is 12.1. The van der Waals surface area contributed by atoms with E-state index < -0.39 is 6.04 Å². The molecule has 2 aromatic rings. The lowest BCUT2D eigenvalue weighted by atomic mass is 10.1. The van der Waals surface area contributed by atoms with Crippen LogP contribution in [0.4, 0.5) is 11.4 Å². The Morgan fingerprint density at radius 2 is 1.95 bits per heavy atom. The van der Waals surface area contributed by atoms with Crippen molar-refractivity contribution in [1.82, 2.24) is 0 Å². The van der Waals surface area contributed by atoms with E-state index in [0.717, 1.165) is 29.8 Å². The zero-order valence-corrected chi connectivity index (χ0v) is 12.6. The van der Waals surface area contributed by atoms with E-state index in [9.17, 15) is 4.79 Å². The lowest BCUT2D eigenvalue weighted by Gasteiger charge is -2.13. The van der Waals surface area contributed by atoms with Crippen LogP contribution in [0.3, 0.4) is 0 Å². The van der Waals surface area contributed by atoms with Crippen molar-refractivity contribution in [3.63, 3.8) is 0 Å². The van der Waals surface area contributed by atoms with E-state index in [1.807, 2.05) is 24.3 Å². The third-order valence-corrected chi connectivity index (χ3v) is 3.88. The van der Waals surface area contributed by atoms with Gasteiger partial charge >= 0.3 is 0 Å². The Morgan fingerprint density at radius 3 is 2.67 bits per heavy atom. The highest BCUT2D eigenvalue weighted by Gasteiger charge is 2.30. The van der Waals surface area contributed by atoms with Crippen molar-refractivity contribution in [3.05, 3.63) is 58.6 Å². The lowest BCUT2D eigenvalue weighted by Crippen LogP contribution is -2.19. The molecule has 0 aliphatic carbocycles. The quantitative estimate of drug-likeness (QED) is 0.879. The molecular formula is C17H17ClN2O. The zero-order valence-electron chi connectivity index (χ0n) is 11.8. The fourth-order valence-corrected chi connectivity index (χ4v) is 2.78. The van der Waals surface area contributed by atoms with E-state index >= 15 is 0 Å². The number of anilines is 2. The molecule has 3 nitrogen and oxygen atoms in total. The second-order valence-corrected chi connectivity index (χ2v) is 5.68. The molecule has 0 saturated heterocycles. The molecule has 2 N–H and O–H groups in total. The number of amides is 1. The number of fused-ring (bicyclic) bond motifs is 1. The summed E-state index contributed by atoms with van der Waals surface area (Å²) in [6.07, 6.45) is 2.20. The molecule has 1 aliphatic heterocycles. The number of carbonyl (C=O) groups excluding carboxylic acids is 1. The largest absolute Gasteiger partial charge is 0.370 e. The Balaban J connectivity index is 1.82. The third-order valence-electron chi connectivity index (χ3n) is 3.65. The highest BCUT2D eigenvalue weighted by atomic mass is 35.5. The SMILES string of the molecule is CCCc1ccc(NC2C(=O)Nc3ccc(Cl)cc32)cc1. The van der Waals surface area contributed by atoms with Crippen molar-refractivity contribution in [2.45, 2.75) is 25.8 Å². The van der Waals surface area contributed by atoms with Gasteiger partial charge in [-0.05, 0) is 42.3 Å². The average Bonchev–Trinajstić information content (AvgIpc) is 2.77. The van der Waals surface area contributed by atoms with E-state index in [1.54, 1.807) is 6.07 Å². The summed E-state index contributed by atoms with van der Waals surface area (Å²) >= 11 is 6.03. The van der Waals surface area contributed by atoms with Crippen molar-refractivity contribution >= 4 is 28.9 Å². The van der Waals surface area contributed by atoms with Gasteiger partial charge in [0.05, 0.1) is 0 Å². The number of nitrogens with one attached hydrogen (secondary N) is 2. The number of hydrogen-bond acceptors (Lipinski definition) is 2. The number of carbonyl (C=O) groups is 1. The summed E-state index contributed by atoms with van der Waals surface area (Å²) in [5, 5.41) is 6.77. The summed E-state index contributed by atoms with van der Waals surface area (Å²) in [6, 6.07) is 13.3. The molecule has 0 fully saturated rings. The normalized spacial score (nSPS) is 16.5. The van der Waals surface area contributed by atoms with E-state index in [0.29, 0.717) is 5.02 Å². The van der Waals surface area contributed by atoms with Crippen LogP contribution in [-0.4, -0.2) is 5.91 Å². The second kappa shape index (κ2) is 5.78. The van der Waals surface area contributed by atoms with Gasteiger partial charge in [0.15, 0.2) is 0 Å². The third kappa shape index (κ3) is 2.88. The van der Waals surface area contributed by atoms with E-state index in [1.165, 1.54) is 5.56 Å². The molecule has 21 heavy (non-hydrogen) atoms. The first kappa shape index (κ1) is 14.0. The van der Waals surface area contributed by atoms with Crippen LogP contribution in [0.1, 0.15) is 30.5 Å². The first-order valence-corrected chi connectivity index (χ1v) is 7.51. The van der Waals surface area contributed by atoms with Crippen LogP contribution in [-0.2, 0) is 11.2 Å². The van der Waals surface area contributed by atoms with Gasteiger partial charge in [-0.25, -0.2) is 0 Å². The Hall–Kier alpha value is -2.00. The number of hydrogen-bond donors (Lipinski definition) is 2. The maximum Gasteiger partial charge on any atom is 0.251 e. The minimum absolute atomic E-state index is 0.0510. The molecule has 0 bridgehead atoms. The van der Waals surface area contributed by atoms with Gasteiger partial charge in [0.1, 0.15) is 6.04 Å². The van der Waals surface area contributed by atoms with Gasteiger partial charge in [-0.15, -0.1) is 0 Å². The molecule has 1 atom stereocenters. The minimum atomic E-state index is -0.393. The second-order valence-electron chi connectivity index (χ2n) is 5.25. The maximum atomic E-state index is 12.1. The fourth-order valence-electron chi connectivity index (χ4n) is 2.60. The van der Waals surface area contributed by atoms with Crippen molar-refractivity contribution in [1.29, 1.82) is 0 Å². The molecule has 0 saturated carbocycles. The van der Waals surface area contributed by atoms with Gasteiger partial charge in [-0.2, -0.15) is 0 Å². The molecule has 0 radical (unpaired) electrons. The molecule has 1 amide bonds. The first-order chi connectivity index (χ1) is 10.2. The van der Waals surface area contributed by atoms with E-state index in [-0.39, 0.29) is 5.91 Å². The molecule has 0 aromatic heterocycles. The van der Waals surface area contributed by atoms with Crippen molar-refractivity contribution < 1.29 is 4.79 Å². The Labute approximate surface area is 129 Å². The van der Waals surface area contributed by atoms with Crippen molar-refractivity contribution in [3.8, 4) is 0 Å². The van der Waals surface area contributed by atoms with Crippen LogP contribution in [0.15, 0.2) is 42.5 Å². The van der Waals surface area contributed by atoms with Gasteiger partial charge in [-0.1, -0.05) is 37.1 Å². The number of halogens is 1. The fraction of sp³-hybridized carbons (Fsp3) is 0.235. The predicted octanol–water partition coefficient (Wildman–Crippen LogP) is 4.40. The van der Waals surface area contributed by atoms with Crippen LogP contribution in [0, 0.1) is 0 Å². The van der Waals surface area contributed by atoms with Gasteiger partial charge in [0, 0.05) is 22.0 Å². The first-order valence-electron chi connectivity index (χ1n) is 7.13. The van der Waals surface area contributed by atoms with Crippen LogP contribution >= 0.6 is 11.6 Å². The molecule has 1 heterocycles. The van der Waals surface area contributed by atoms with Gasteiger partial charge < -0.3 is 10.6 Å². The number of rotatable bonds is 4. The summed E-state index contributed by atoms with van der Waals surface area (Å²) in [6.45, 7) is 2.16. The van der Waals surface area contributed by atoms with Gasteiger partial charge in [0.2, 0.25) is 0 Å². The van der Waals surface area contributed by atoms with Crippen LogP contribution in [0.25, 0.3) is 0 Å². The Bertz CT molecular complexity index is 667. The van der Waals surface area contributed by atoms with Crippen LogP contribution in [0.2, 0.25) is 5.02 Å². The molecule has 4 heteroatoms. The zero-order chi connectivity index (χ0) is 14.8. The predicted molar refractivity (Wildman–Crippen MR) is 86.9 cm³/mol. The van der Waals surface area contributed by atoms with Crippen molar-refractivity contribution in [2.75, 3.05) is 10.6 Å². The Morgan fingerprint density at radius 1 is 1.19 bits per heavy atom.